The van der Waals surface area contributed by atoms with Crippen molar-refractivity contribution in [1.29, 1.82) is 0 Å². The molecule has 0 bridgehead atoms. The van der Waals surface area contributed by atoms with Gasteiger partial charge in [-0.3, -0.25) is 4.79 Å². The third kappa shape index (κ3) is 1.47. The van der Waals surface area contributed by atoms with Crippen molar-refractivity contribution in [2.45, 2.75) is 25.7 Å². The Balaban J connectivity index is 2.56. The van der Waals surface area contributed by atoms with Crippen LogP contribution in [0.4, 0.5) is 5.69 Å². The van der Waals surface area contributed by atoms with E-state index in [1.165, 1.54) is 11.3 Å². The molecule has 0 radical (unpaired) electrons. The van der Waals surface area contributed by atoms with E-state index in [4.69, 9.17) is 0 Å². The first-order valence-corrected chi connectivity index (χ1v) is 5.51. The maximum atomic E-state index is 11.3. The molecule has 0 saturated heterocycles. The Morgan fingerprint density at radius 2 is 2.12 bits per heavy atom. The molecule has 0 aromatic heterocycles. The lowest BCUT2D eigenvalue weighted by Crippen LogP contribution is -2.29. The Hall–Kier alpha value is -1.51. The zero-order chi connectivity index (χ0) is 11.9. The Kier molecular flexibility index (Phi) is 2.41. The number of carboxylic acid groups (broad SMARTS) is 1. The highest BCUT2D eigenvalue weighted by Gasteiger charge is 2.34. The lowest BCUT2D eigenvalue weighted by molar-refractivity contribution is -0.142. The monoisotopic (exact) mass is 219 g/mol. The fourth-order valence-electron chi connectivity index (χ4n) is 2.30. The number of carbonyl (C=O) groups is 1. The summed E-state index contributed by atoms with van der Waals surface area (Å²) >= 11 is 0. The fraction of sp³-hybridized carbons (Fsp3) is 0.462. The molecular weight excluding hydrogens is 202 g/mol. The predicted molar refractivity (Wildman–Crippen MR) is 64.1 cm³/mol. The molecule has 0 fully saturated rings. The number of hydrogen-bond acceptors (Lipinski definition) is 2. The second-order valence-electron chi connectivity index (χ2n) is 4.90. The second kappa shape index (κ2) is 3.51. The quantitative estimate of drug-likeness (QED) is 0.827. The summed E-state index contributed by atoms with van der Waals surface area (Å²) in [7, 11) is 2.05. The van der Waals surface area contributed by atoms with Crippen LogP contribution in [0, 0.1) is 0 Å². The number of likely N-dealkylation sites (N-methyl/N-ethyl adjacent to an activating group) is 1. The zero-order valence-electron chi connectivity index (χ0n) is 9.95. The van der Waals surface area contributed by atoms with Gasteiger partial charge in [0.1, 0.15) is 0 Å². The van der Waals surface area contributed by atoms with Gasteiger partial charge >= 0.3 is 5.97 Å². The molecule has 1 aromatic carbocycles. The number of aliphatic carboxylic acids is 1. The molecule has 0 aliphatic carbocycles. The first kappa shape index (κ1) is 11.0. The van der Waals surface area contributed by atoms with Crippen LogP contribution >= 0.6 is 0 Å². The van der Waals surface area contributed by atoms with E-state index < -0.39 is 11.4 Å². The minimum Gasteiger partial charge on any atom is -0.481 e. The van der Waals surface area contributed by atoms with Crippen molar-refractivity contribution in [3.63, 3.8) is 0 Å². The van der Waals surface area contributed by atoms with Crippen molar-refractivity contribution in [1.82, 2.24) is 0 Å². The fourth-order valence-corrected chi connectivity index (χ4v) is 2.30. The molecule has 1 aromatic rings. The van der Waals surface area contributed by atoms with E-state index in [-0.39, 0.29) is 0 Å². The number of anilines is 1. The molecule has 1 aliphatic heterocycles. The van der Waals surface area contributed by atoms with E-state index >= 15 is 0 Å². The van der Waals surface area contributed by atoms with E-state index in [0.717, 1.165) is 18.5 Å². The smallest absolute Gasteiger partial charge is 0.313 e. The number of hydrogen-bond donors (Lipinski definition) is 1. The van der Waals surface area contributed by atoms with Crippen molar-refractivity contribution in [2.24, 2.45) is 0 Å². The topological polar surface area (TPSA) is 40.5 Å². The largest absolute Gasteiger partial charge is 0.481 e. The Morgan fingerprint density at radius 1 is 1.44 bits per heavy atom. The van der Waals surface area contributed by atoms with Crippen LogP contribution in [0.15, 0.2) is 18.2 Å². The molecule has 0 unspecified atom stereocenters. The first-order chi connectivity index (χ1) is 7.44. The molecule has 0 saturated carbocycles. The van der Waals surface area contributed by atoms with Crippen molar-refractivity contribution < 1.29 is 9.90 Å². The van der Waals surface area contributed by atoms with Crippen LogP contribution in [0.3, 0.4) is 0 Å². The van der Waals surface area contributed by atoms with Crippen molar-refractivity contribution in [2.75, 3.05) is 18.5 Å². The maximum Gasteiger partial charge on any atom is 0.313 e. The third-order valence-electron chi connectivity index (χ3n) is 3.47. The van der Waals surface area contributed by atoms with Gasteiger partial charge in [-0.2, -0.15) is 0 Å². The highest BCUT2D eigenvalue weighted by molar-refractivity contribution is 5.82. The SMILES string of the molecule is CN1CCc2c1cccc2C(C)(C)C(=O)O. The van der Waals surface area contributed by atoms with Gasteiger partial charge in [0.2, 0.25) is 0 Å². The van der Waals surface area contributed by atoms with Gasteiger partial charge in [-0.1, -0.05) is 12.1 Å². The summed E-state index contributed by atoms with van der Waals surface area (Å²) in [5.74, 6) is -0.768. The van der Waals surface area contributed by atoms with Crippen LogP contribution in [0.1, 0.15) is 25.0 Å². The standard InChI is InChI=1S/C13H17NO2/c1-13(2,12(15)16)10-5-4-6-11-9(10)7-8-14(11)3/h4-6H,7-8H2,1-3H3,(H,15,16). The molecule has 16 heavy (non-hydrogen) atoms. The van der Waals surface area contributed by atoms with Crippen molar-refractivity contribution in [3.05, 3.63) is 29.3 Å². The summed E-state index contributed by atoms with van der Waals surface area (Å²) in [6.07, 6.45) is 0.943. The summed E-state index contributed by atoms with van der Waals surface area (Å²) in [6.45, 7) is 4.51. The van der Waals surface area contributed by atoms with Crippen molar-refractivity contribution >= 4 is 11.7 Å². The third-order valence-corrected chi connectivity index (χ3v) is 3.47. The van der Waals surface area contributed by atoms with Crippen LogP contribution in [-0.4, -0.2) is 24.7 Å². The molecule has 0 spiro atoms. The Morgan fingerprint density at radius 3 is 2.75 bits per heavy atom. The average Bonchev–Trinajstić information content (AvgIpc) is 2.60. The number of benzene rings is 1. The molecule has 1 aliphatic rings. The minimum absolute atomic E-state index is 0.768. The number of rotatable bonds is 2. The molecule has 0 atom stereocenters. The van der Waals surface area contributed by atoms with Crippen LogP contribution < -0.4 is 4.90 Å². The van der Waals surface area contributed by atoms with E-state index in [2.05, 4.69) is 11.0 Å². The molecular formula is C13H17NO2. The van der Waals surface area contributed by atoms with Crippen LogP contribution in [0.5, 0.6) is 0 Å². The average molecular weight is 219 g/mol. The lowest BCUT2D eigenvalue weighted by atomic mass is 9.81. The van der Waals surface area contributed by atoms with Crippen molar-refractivity contribution in [3.8, 4) is 0 Å². The van der Waals surface area contributed by atoms with E-state index in [1.54, 1.807) is 13.8 Å². The van der Waals surface area contributed by atoms with E-state index in [9.17, 15) is 9.90 Å². The summed E-state index contributed by atoms with van der Waals surface area (Å²) in [5, 5.41) is 9.28. The summed E-state index contributed by atoms with van der Waals surface area (Å²) in [4.78, 5) is 13.5. The Labute approximate surface area is 95.7 Å². The van der Waals surface area contributed by atoms with Gasteiger partial charge in [0.05, 0.1) is 5.41 Å². The second-order valence-corrected chi connectivity index (χ2v) is 4.90. The maximum absolute atomic E-state index is 11.3. The van der Waals surface area contributed by atoms with Crippen LogP contribution in [0.25, 0.3) is 0 Å². The summed E-state index contributed by atoms with van der Waals surface area (Å²) in [5.41, 5.74) is 2.50. The molecule has 1 N–H and O–H groups in total. The van der Waals surface area contributed by atoms with Crippen LogP contribution in [0.2, 0.25) is 0 Å². The van der Waals surface area contributed by atoms with Gasteiger partial charge in [-0.25, -0.2) is 0 Å². The van der Waals surface area contributed by atoms with E-state index in [1.807, 2.05) is 19.2 Å². The molecule has 86 valence electrons. The molecule has 3 nitrogen and oxygen atoms in total. The van der Waals surface area contributed by atoms with Gasteiger partial charge in [0, 0.05) is 19.3 Å². The van der Waals surface area contributed by atoms with Gasteiger partial charge < -0.3 is 10.0 Å². The number of nitrogens with zero attached hydrogens (tertiary/aromatic N) is 1. The normalized spacial score (nSPS) is 15.1. The lowest BCUT2D eigenvalue weighted by Gasteiger charge is -2.23. The number of carboxylic acids is 1. The highest BCUT2D eigenvalue weighted by Crippen LogP contribution is 2.36. The first-order valence-electron chi connectivity index (χ1n) is 5.51. The summed E-state index contributed by atoms with van der Waals surface area (Å²) < 4.78 is 0. The molecule has 3 heteroatoms. The highest BCUT2D eigenvalue weighted by atomic mass is 16.4. The minimum atomic E-state index is -0.809. The molecule has 0 amide bonds. The van der Waals surface area contributed by atoms with Gasteiger partial charge in [-0.15, -0.1) is 0 Å². The molecule has 1 heterocycles. The van der Waals surface area contributed by atoms with E-state index in [0.29, 0.717) is 0 Å². The van der Waals surface area contributed by atoms with Gasteiger partial charge in [0.25, 0.3) is 0 Å². The number of fused-ring (bicyclic) bond motifs is 1. The Bertz CT molecular complexity index is 438. The summed E-state index contributed by atoms with van der Waals surface area (Å²) in [6, 6.07) is 5.94. The predicted octanol–water partition coefficient (Wildman–Crippen LogP) is 2.04. The van der Waals surface area contributed by atoms with Gasteiger partial charge in [0.15, 0.2) is 0 Å². The zero-order valence-corrected chi connectivity index (χ0v) is 9.95. The molecule has 2 rings (SSSR count). The van der Waals surface area contributed by atoms with Crippen LogP contribution in [-0.2, 0) is 16.6 Å². The van der Waals surface area contributed by atoms with Gasteiger partial charge in [-0.05, 0) is 37.5 Å².